The fourth-order valence-electron chi connectivity index (χ4n) is 4.97. The molecule has 0 aliphatic heterocycles. The van der Waals surface area contributed by atoms with Crippen molar-refractivity contribution in [1.29, 1.82) is 0 Å². The summed E-state index contributed by atoms with van der Waals surface area (Å²) in [5, 5.41) is 26.7. The fraction of sp³-hybridized carbons (Fsp3) is 0.368. The normalized spacial score (nSPS) is 10.8. The molecule has 2 aliphatic carbocycles. The molecule has 101 heavy (non-hydrogen) atoms. The summed E-state index contributed by atoms with van der Waals surface area (Å²) in [4.78, 5) is 109. The molecule has 0 aromatic carbocycles. The SMILES string of the molecule is BrP(Br)Br.C.CB(O)O.CCOC(=O)c1c[nH]c(=O)c(Br)c1.CCOC(=O)c1ccc(=O)[nH]c1.CCOC(=O)c1cnc(Br)c(Br)c1.CCOC(=O)c1cnc(C)c(Br)c1.Cc1ncc(C(=O)NC2CC2)cc1Br.Cc1ncc(C(=O)O)cc1Br.NC1CC1.O=P(Br)(Br)Br.[2H]CF.[2H]CF.[B]=NS. The number of halogens is 14. The average Bonchev–Trinajstić information content (AvgIpc) is 1.86. The van der Waals surface area contributed by atoms with Crippen LogP contribution in [0.2, 0.25) is 6.82 Å². The molecule has 0 unspecified atom stereocenters. The Balaban J connectivity index is -0.000000256. The predicted octanol–water partition coefficient (Wildman–Crippen LogP) is 18.7. The Morgan fingerprint density at radius 3 is 1.26 bits per heavy atom. The van der Waals surface area contributed by atoms with E-state index in [9.17, 15) is 51.7 Å². The molecule has 563 valence electrons. The first kappa shape index (κ1) is 105. The molecule has 2 aliphatic rings. The Hall–Kier alpha value is -2.24. The van der Waals surface area contributed by atoms with E-state index in [4.69, 9.17) is 42.6 Å². The van der Waals surface area contributed by atoms with Gasteiger partial charge in [-0.15, -0.1) is 0 Å². The van der Waals surface area contributed by atoms with Gasteiger partial charge < -0.3 is 55.1 Å². The van der Waals surface area contributed by atoms with Crippen molar-refractivity contribution in [3.8, 4) is 0 Å². The summed E-state index contributed by atoms with van der Waals surface area (Å²) in [6, 6.07) is 11.8. The number of thiol groups is 1. The van der Waals surface area contributed by atoms with Crippen LogP contribution < -0.4 is 22.2 Å². The van der Waals surface area contributed by atoms with Gasteiger partial charge in [0, 0.05) is 115 Å². The molecule has 8 N–H and O–H groups in total. The molecule has 25 nitrogen and oxygen atoms in total. The molecule has 8 rings (SSSR count). The van der Waals surface area contributed by atoms with E-state index in [1.807, 2.05) is 13.8 Å². The van der Waals surface area contributed by atoms with E-state index in [1.165, 1.54) is 74.9 Å². The van der Waals surface area contributed by atoms with E-state index in [2.05, 4.69) is 248 Å². The number of amides is 1. The number of carboxylic acids is 1. The summed E-state index contributed by atoms with van der Waals surface area (Å²) in [5.41, 5.74) is 9.67. The third kappa shape index (κ3) is 63.6. The van der Waals surface area contributed by atoms with Crippen LogP contribution >= 0.6 is 209 Å². The van der Waals surface area contributed by atoms with E-state index >= 15 is 0 Å². The summed E-state index contributed by atoms with van der Waals surface area (Å²) in [5.74, 6) is -2.55. The second kappa shape index (κ2) is 66.0. The van der Waals surface area contributed by atoms with Crippen LogP contribution in [0, 0.1) is 20.8 Å². The van der Waals surface area contributed by atoms with Gasteiger partial charge >= 0.3 is 61.7 Å². The Morgan fingerprint density at radius 2 is 0.950 bits per heavy atom. The molecular formula is C57H74B2Br12F2N9O16P2S. The molecule has 2 fully saturated rings. The maximum atomic E-state index is 11.6. The van der Waals surface area contributed by atoms with E-state index in [-0.39, 0.29) is 46.0 Å². The zero-order valence-electron chi connectivity index (χ0n) is 56.0. The van der Waals surface area contributed by atoms with Crippen LogP contribution in [-0.4, -0.2) is 148 Å². The fourth-order valence-corrected chi connectivity index (χ4v) is 6.94. The third-order valence-corrected chi connectivity index (χ3v) is 14.4. The Bertz CT molecular complexity index is 3530. The number of hydrogen-bond acceptors (Lipinski definition) is 22. The molecule has 6 aromatic heterocycles. The number of nitrogens with one attached hydrogen (secondary N) is 3. The van der Waals surface area contributed by atoms with Gasteiger partial charge in [-0.3, -0.25) is 42.7 Å². The first-order valence-corrected chi connectivity index (χ1v) is 47.7. The number of aromatic amines is 2. The molecule has 0 atom stereocenters. The van der Waals surface area contributed by atoms with Gasteiger partial charge in [0.25, 0.3) is 14.7 Å². The number of esters is 4. The standard InChI is InChI=1S/C10H11BrN2O.C9H10BrNO2.C8H7Br2NO2.C8H8BrNO3.C8H9NO3.C7H6BrNO2.C3H7N.CH5BO2.2CH3F.CH4.BHNS.Br3OP.Br3P/c1-6-9(11)4-7(5-12-6)10(14)13-8-2-3-8;1-3-13-9(12)7-4-8(10)6(2)11-5-7;1-2-13-8(12)5-3-6(9)7(10)11-4-5;1-2-13-8(12)5-3-6(9)7(11)10-4-5;1-2-12-8(11)6-3-4-7(10)9-5-6;1-4-6(8)2-5(3-9-4)7(10)11;4-3-1-2-3;1-2(3)4;2*1-2;;1-2-3;1-5(2,3)4;1-4(2)3/h4-5,8H,2-3H2,1H3,(H,13,14);4-5H,3H2,1-2H3;3-4H,2H2,1H3;3-4H,2H2,1H3,(H,10,11);3-5H,2H2,1H3,(H,9,10);2-3H,1H3,(H,10,11);3H,1-2,4H2;3-4H,1H3;2*1H3;1H4;3H;;/i;;;;;;;;2*1D;;;;. The van der Waals surface area contributed by atoms with Crippen molar-refractivity contribution in [3.05, 3.63) is 178 Å². The maximum absolute atomic E-state index is 11.6. The van der Waals surface area contributed by atoms with Crippen LogP contribution in [0.5, 0.6) is 0 Å². The number of ether oxygens (including phenoxy) is 4. The van der Waals surface area contributed by atoms with E-state index in [1.54, 1.807) is 59.0 Å². The van der Waals surface area contributed by atoms with Crippen LogP contribution in [-0.2, 0) is 23.5 Å². The average molecular weight is 2260 g/mol. The van der Waals surface area contributed by atoms with Crippen molar-refractivity contribution in [2.75, 3.05) is 40.7 Å². The number of H-pyrrole nitrogens is 2. The topological polar surface area (TPSA) is 385 Å². The minimum absolute atomic E-state index is 0. The molecule has 44 heteroatoms. The molecule has 6 aromatic rings. The first-order valence-electron chi connectivity index (χ1n) is 28.8. The van der Waals surface area contributed by atoms with E-state index in [0.717, 1.165) is 47.8 Å². The molecule has 0 saturated heterocycles. The summed E-state index contributed by atoms with van der Waals surface area (Å²) in [7, 11) is 1.17. The van der Waals surface area contributed by atoms with E-state index < -0.39 is 42.6 Å². The number of nitrogens with two attached hydrogens (primary N) is 1. The number of aromatic carboxylic acids is 1. The minimum atomic E-state index is -2.20. The number of carbonyl (C=O) groups excluding carboxylic acids is 5. The second-order valence-corrected chi connectivity index (χ2v) is 56.4. The van der Waals surface area contributed by atoms with Gasteiger partial charge in [0.2, 0.25) is 5.56 Å². The molecule has 0 spiro atoms. The molecule has 1 amide bonds. The van der Waals surface area contributed by atoms with Gasteiger partial charge in [0.15, 0.2) is 0 Å². The summed E-state index contributed by atoms with van der Waals surface area (Å²) < 4.78 is 64.5. The Morgan fingerprint density at radius 1 is 0.653 bits per heavy atom. The van der Waals surface area contributed by atoms with Crippen LogP contribution in [0.4, 0.5) is 8.78 Å². The van der Waals surface area contributed by atoms with Gasteiger partial charge in [-0.25, -0.2) is 29.0 Å². The molecule has 0 bridgehead atoms. The number of rotatable bonds is 11. The van der Waals surface area contributed by atoms with Crippen molar-refractivity contribution in [1.82, 2.24) is 35.2 Å². The third-order valence-electron chi connectivity index (χ3n) is 9.60. The van der Waals surface area contributed by atoms with Crippen molar-refractivity contribution in [3.63, 3.8) is 0 Å². The van der Waals surface area contributed by atoms with Gasteiger partial charge in [0.05, 0.1) is 103 Å². The van der Waals surface area contributed by atoms with Crippen molar-refractivity contribution in [2.24, 2.45) is 10.0 Å². The van der Waals surface area contributed by atoms with Gasteiger partial charge in [-0.1, -0.05) is 7.43 Å². The number of aromatic nitrogens is 6. The number of nitrogens with zero attached hydrogens (tertiary/aromatic N) is 5. The van der Waals surface area contributed by atoms with Crippen LogP contribution in [0.15, 0.2) is 121 Å². The summed E-state index contributed by atoms with van der Waals surface area (Å²) >= 11 is 40.3. The first-order chi connectivity index (χ1) is 47.6. The molecule has 6 heterocycles. The van der Waals surface area contributed by atoms with Crippen molar-refractivity contribution in [2.45, 2.75) is 100 Å². The number of hydrogen-bond donors (Lipinski definition) is 8. The summed E-state index contributed by atoms with van der Waals surface area (Å²) in [6.45, 7) is 15.2. The number of carboxylic acid groups (broad SMARTS) is 1. The summed E-state index contributed by atoms with van der Waals surface area (Å²) in [6.07, 6.45) is 13.3. The van der Waals surface area contributed by atoms with Crippen molar-refractivity contribution < 1.29 is 79.0 Å². The van der Waals surface area contributed by atoms with Crippen LogP contribution in [0.25, 0.3) is 0 Å². The van der Waals surface area contributed by atoms with Crippen molar-refractivity contribution >= 4 is 259 Å². The second-order valence-electron chi connectivity index (χ2n) is 17.5. The molecule has 2 saturated carbocycles. The number of pyridine rings is 6. The zero-order chi connectivity index (χ0) is 79.8. The quantitative estimate of drug-likeness (QED) is 0.0149. The van der Waals surface area contributed by atoms with Crippen LogP contribution in [0.3, 0.4) is 0 Å². The Kier molecular flexibility index (Phi) is 68.7. The monoisotopic (exact) mass is 2240 g/mol. The molecule has 1 radical (unpaired) electrons. The molecular weight excluding hydrogens is 2180 g/mol. The zero-order valence-corrected chi connectivity index (χ0v) is 75.7. The number of alkyl halides is 2. The van der Waals surface area contributed by atoms with Crippen LogP contribution in [0.1, 0.15) is 143 Å². The van der Waals surface area contributed by atoms with Gasteiger partial charge in [0.1, 0.15) is 8.63 Å². The number of carbonyl (C=O) groups is 6. The van der Waals surface area contributed by atoms with Gasteiger partial charge in [-0.05, 0) is 259 Å². The van der Waals surface area contributed by atoms with Gasteiger partial charge in [-0.2, -0.15) is 0 Å². The Labute approximate surface area is 694 Å². The predicted molar refractivity (Wildman–Crippen MR) is 442 cm³/mol. The van der Waals surface area contributed by atoms with E-state index in [0.29, 0.717) is 75.4 Å². The number of aryl methyl sites for hydroxylation is 3.